The number of nitrogens with zero attached hydrogens (tertiary/aromatic N) is 1. The number of benzene rings is 1. The van der Waals surface area contributed by atoms with Gasteiger partial charge in [-0.25, -0.2) is 13.1 Å². The molecule has 96 valence electrons. The van der Waals surface area contributed by atoms with Gasteiger partial charge in [-0.05, 0) is 25.1 Å². The van der Waals surface area contributed by atoms with Gasteiger partial charge in [0.05, 0.1) is 11.4 Å². The maximum absolute atomic E-state index is 12.1. The Morgan fingerprint density at radius 1 is 1.39 bits per heavy atom. The van der Waals surface area contributed by atoms with Crippen LogP contribution < -0.4 is 10.5 Å². The Bertz CT molecular complexity index is 681. The average Bonchev–Trinajstić information content (AvgIpc) is 2.66. The van der Waals surface area contributed by atoms with Crippen molar-refractivity contribution in [3.8, 4) is 0 Å². The van der Waals surface area contributed by atoms with Crippen molar-refractivity contribution in [1.29, 1.82) is 0 Å². The molecule has 0 aliphatic heterocycles. The molecule has 18 heavy (non-hydrogen) atoms. The first-order chi connectivity index (χ1) is 8.38. The number of aromatic nitrogens is 1. The van der Waals surface area contributed by atoms with Crippen LogP contribution in [0.4, 0.5) is 11.6 Å². The van der Waals surface area contributed by atoms with Crippen LogP contribution in [0.5, 0.6) is 0 Å². The van der Waals surface area contributed by atoms with Crippen molar-refractivity contribution in [3.63, 3.8) is 0 Å². The number of anilines is 2. The molecule has 0 atom stereocenters. The maximum atomic E-state index is 12.1. The summed E-state index contributed by atoms with van der Waals surface area (Å²) >= 11 is 3.19. The Morgan fingerprint density at radius 2 is 2.11 bits per heavy atom. The second kappa shape index (κ2) is 4.62. The van der Waals surface area contributed by atoms with E-state index in [1.54, 1.807) is 13.0 Å². The Hall–Kier alpha value is -1.54. The number of aryl methyl sites for hydroxylation is 1. The lowest BCUT2D eigenvalue weighted by Gasteiger charge is -2.07. The van der Waals surface area contributed by atoms with Crippen molar-refractivity contribution < 1.29 is 12.9 Å². The fourth-order valence-corrected chi connectivity index (χ4v) is 2.98. The maximum Gasteiger partial charge on any atom is 0.266 e. The predicted molar refractivity (Wildman–Crippen MR) is 70.6 cm³/mol. The number of hydrogen-bond donors (Lipinski definition) is 2. The highest BCUT2D eigenvalue weighted by atomic mass is 79.9. The van der Waals surface area contributed by atoms with Crippen LogP contribution in [-0.4, -0.2) is 13.6 Å². The first kappa shape index (κ1) is 12.9. The van der Waals surface area contributed by atoms with Crippen LogP contribution in [0.3, 0.4) is 0 Å². The third kappa shape index (κ3) is 2.65. The van der Waals surface area contributed by atoms with Crippen molar-refractivity contribution in [3.05, 3.63) is 34.4 Å². The van der Waals surface area contributed by atoms with Crippen LogP contribution in [0.1, 0.15) is 5.69 Å². The van der Waals surface area contributed by atoms with Crippen LogP contribution >= 0.6 is 15.9 Å². The summed E-state index contributed by atoms with van der Waals surface area (Å²) in [5.74, 6) is 0.0480. The molecule has 0 unspecified atom stereocenters. The molecule has 0 saturated heterocycles. The highest BCUT2D eigenvalue weighted by Crippen LogP contribution is 2.25. The largest absolute Gasteiger partial charge is 0.398 e. The Balaban J connectivity index is 2.39. The molecule has 2 rings (SSSR count). The van der Waals surface area contributed by atoms with E-state index in [-0.39, 0.29) is 16.5 Å². The fraction of sp³-hybridized carbons (Fsp3) is 0.100. The third-order valence-electron chi connectivity index (χ3n) is 2.13. The van der Waals surface area contributed by atoms with Gasteiger partial charge in [-0.2, -0.15) is 0 Å². The summed E-state index contributed by atoms with van der Waals surface area (Å²) in [6, 6.07) is 6.06. The number of nitrogen functional groups attached to an aromatic ring is 1. The van der Waals surface area contributed by atoms with Crippen molar-refractivity contribution in [1.82, 2.24) is 5.16 Å². The van der Waals surface area contributed by atoms with Crippen LogP contribution in [0.25, 0.3) is 0 Å². The van der Waals surface area contributed by atoms with E-state index in [2.05, 4.69) is 25.8 Å². The molecule has 6 nitrogen and oxygen atoms in total. The minimum atomic E-state index is -3.79. The summed E-state index contributed by atoms with van der Waals surface area (Å²) in [6.07, 6.45) is 0. The number of rotatable bonds is 3. The van der Waals surface area contributed by atoms with E-state index < -0.39 is 10.0 Å². The van der Waals surface area contributed by atoms with Crippen molar-refractivity contribution in [2.45, 2.75) is 11.8 Å². The zero-order valence-electron chi connectivity index (χ0n) is 9.34. The number of sulfonamides is 1. The highest BCUT2D eigenvalue weighted by molar-refractivity contribution is 9.10. The van der Waals surface area contributed by atoms with Crippen molar-refractivity contribution >= 4 is 37.5 Å². The summed E-state index contributed by atoms with van der Waals surface area (Å²) in [7, 11) is -3.79. The molecule has 0 saturated carbocycles. The van der Waals surface area contributed by atoms with E-state index in [0.717, 1.165) is 0 Å². The van der Waals surface area contributed by atoms with Gasteiger partial charge in [0.1, 0.15) is 4.90 Å². The lowest BCUT2D eigenvalue weighted by atomic mass is 10.3. The summed E-state index contributed by atoms with van der Waals surface area (Å²) in [6.45, 7) is 1.69. The van der Waals surface area contributed by atoms with Crippen molar-refractivity contribution in [2.24, 2.45) is 0 Å². The van der Waals surface area contributed by atoms with Crippen LogP contribution in [0.2, 0.25) is 0 Å². The van der Waals surface area contributed by atoms with Crippen LogP contribution in [0, 0.1) is 6.92 Å². The van der Waals surface area contributed by atoms with Gasteiger partial charge in [-0.15, -0.1) is 0 Å². The fourth-order valence-electron chi connectivity index (χ4n) is 1.34. The Morgan fingerprint density at radius 3 is 2.72 bits per heavy atom. The summed E-state index contributed by atoms with van der Waals surface area (Å²) in [5.41, 5.74) is 6.38. The lowest BCUT2D eigenvalue weighted by molar-refractivity contribution is 0.430. The lowest BCUT2D eigenvalue weighted by Crippen LogP contribution is -2.14. The Labute approximate surface area is 112 Å². The summed E-state index contributed by atoms with van der Waals surface area (Å²) in [5, 5.41) is 3.59. The van der Waals surface area contributed by atoms with E-state index in [1.807, 2.05) is 0 Å². The molecule has 1 aromatic carbocycles. The molecule has 0 fully saturated rings. The molecule has 8 heteroatoms. The molecule has 3 N–H and O–H groups in total. The van der Waals surface area contributed by atoms with Gasteiger partial charge in [0, 0.05) is 10.5 Å². The zero-order chi connectivity index (χ0) is 13.3. The minimum absolute atomic E-state index is 0.0223. The molecule has 1 heterocycles. The number of nitrogens with one attached hydrogen (secondary N) is 1. The zero-order valence-corrected chi connectivity index (χ0v) is 11.7. The molecular weight excluding hydrogens is 322 g/mol. The standard InChI is InChI=1S/C10H10BrN3O3S/c1-6-4-10(17-13-6)14-18(15,16)9-5-7(11)2-3-8(9)12/h2-5,14H,12H2,1H3. The predicted octanol–water partition coefficient (Wildman–Crippen LogP) is 2.13. The first-order valence-corrected chi connectivity index (χ1v) is 7.17. The van der Waals surface area contributed by atoms with Gasteiger partial charge in [0.15, 0.2) is 0 Å². The number of halogens is 1. The molecule has 0 radical (unpaired) electrons. The van der Waals surface area contributed by atoms with Crippen LogP contribution in [-0.2, 0) is 10.0 Å². The average molecular weight is 332 g/mol. The first-order valence-electron chi connectivity index (χ1n) is 4.89. The Kier molecular flexibility index (Phi) is 3.31. The normalized spacial score (nSPS) is 11.4. The second-order valence-electron chi connectivity index (χ2n) is 3.62. The van der Waals surface area contributed by atoms with E-state index >= 15 is 0 Å². The van der Waals surface area contributed by atoms with Gasteiger partial charge in [-0.3, -0.25) is 0 Å². The monoisotopic (exact) mass is 331 g/mol. The summed E-state index contributed by atoms with van der Waals surface area (Å²) in [4.78, 5) is -0.0223. The topological polar surface area (TPSA) is 98.2 Å². The smallest absolute Gasteiger partial charge is 0.266 e. The van der Waals surface area contributed by atoms with E-state index in [1.165, 1.54) is 18.2 Å². The summed E-state index contributed by atoms with van der Waals surface area (Å²) < 4.78 is 31.8. The second-order valence-corrected chi connectivity index (χ2v) is 6.19. The third-order valence-corrected chi connectivity index (χ3v) is 4.02. The van der Waals surface area contributed by atoms with Gasteiger partial charge in [0.2, 0.25) is 5.88 Å². The van der Waals surface area contributed by atoms with E-state index in [4.69, 9.17) is 10.3 Å². The van der Waals surface area contributed by atoms with Crippen molar-refractivity contribution in [2.75, 3.05) is 10.5 Å². The van der Waals surface area contributed by atoms with Crippen LogP contribution in [0.15, 0.2) is 38.2 Å². The molecule has 0 amide bonds. The molecule has 0 aliphatic rings. The quantitative estimate of drug-likeness (QED) is 0.839. The van der Waals surface area contributed by atoms with Gasteiger partial charge >= 0.3 is 0 Å². The molecule has 0 aliphatic carbocycles. The highest BCUT2D eigenvalue weighted by Gasteiger charge is 2.19. The van der Waals surface area contributed by atoms with Gasteiger partial charge in [-0.1, -0.05) is 21.1 Å². The number of nitrogens with two attached hydrogens (primary N) is 1. The van der Waals surface area contributed by atoms with Gasteiger partial charge < -0.3 is 10.3 Å². The number of hydrogen-bond acceptors (Lipinski definition) is 5. The molecule has 1 aromatic heterocycles. The minimum Gasteiger partial charge on any atom is -0.398 e. The molecule has 0 bridgehead atoms. The molecule has 2 aromatic rings. The molecule has 0 spiro atoms. The SMILES string of the molecule is Cc1cc(NS(=O)(=O)c2cc(Br)ccc2N)on1. The van der Waals surface area contributed by atoms with Gasteiger partial charge in [0.25, 0.3) is 10.0 Å². The molecular formula is C10H10BrN3O3S. The van der Waals surface area contributed by atoms with E-state index in [0.29, 0.717) is 10.2 Å². The van der Waals surface area contributed by atoms with E-state index in [9.17, 15) is 8.42 Å².